The number of carboxylic acid groups (broad SMARTS) is 1. The van der Waals surface area contributed by atoms with Gasteiger partial charge in [-0.15, -0.1) is 0 Å². The minimum absolute atomic E-state index is 0.0487. The van der Waals surface area contributed by atoms with Gasteiger partial charge in [-0.2, -0.15) is 26.3 Å². The minimum Gasteiger partial charge on any atom is -0.480 e. The molecule has 0 aromatic rings. The third-order valence-electron chi connectivity index (χ3n) is 2.73. The van der Waals surface area contributed by atoms with Gasteiger partial charge >= 0.3 is 18.3 Å². The number of nitrogens with zero attached hydrogens (tertiary/aromatic N) is 1. The zero-order chi connectivity index (χ0) is 18.3. The largest absolute Gasteiger partial charge is 0.480 e. The Bertz CT molecular complexity index is 399. The highest BCUT2D eigenvalue weighted by Crippen LogP contribution is 2.17. The van der Waals surface area contributed by atoms with Crippen LogP contribution in [-0.4, -0.2) is 60.0 Å². The van der Waals surface area contributed by atoms with E-state index in [9.17, 15) is 31.1 Å². The van der Waals surface area contributed by atoms with Crippen molar-refractivity contribution < 1.29 is 36.2 Å². The summed E-state index contributed by atoms with van der Waals surface area (Å²) in [6.07, 6.45) is -9.20. The normalized spacial score (nSPS) is 13.7. The van der Waals surface area contributed by atoms with Crippen molar-refractivity contribution in [1.82, 2.24) is 10.2 Å². The van der Waals surface area contributed by atoms with E-state index in [0.717, 1.165) is 0 Å². The summed E-state index contributed by atoms with van der Waals surface area (Å²) in [5, 5.41) is 17.6. The molecule has 0 rings (SSSR count). The standard InChI is InChI=1S/C11H18F6N4O2/c12-10(13,14)5-20-7(8(22)23)3-1-2-4-21(9(18)19)6-11(15,16)17/h7,20H,1-6H2,(H3,18,19)(H,22,23)/t7-/m0/s1. The van der Waals surface area contributed by atoms with Gasteiger partial charge in [0.25, 0.3) is 0 Å². The second-order valence-electron chi connectivity index (χ2n) is 4.80. The number of alkyl halides is 6. The van der Waals surface area contributed by atoms with Crippen LogP contribution in [-0.2, 0) is 4.79 Å². The molecule has 0 amide bonds. The molecular weight excluding hydrogens is 334 g/mol. The Hall–Kier alpha value is -1.72. The van der Waals surface area contributed by atoms with E-state index >= 15 is 0 Å². The summed E-state index contributed by atoms with van der Waals surface area (Å²) in [6, 6.07) is -1.45. The van der Waals surface area contributed by atoms with E-state index < -0.39 is 43.4 Å². The summed E-state index contributed by atoms with van der Waals surface area (Å²) >= 11 is 0. The number of aliphatic carboxylic acids is 1. The topological polar surface area (TPSA) is 102 Å². The zero-order valence-corrected chi connectivity index (χ0v) is 12.0. The Morgan fingerprint density at radius 3 is 2.13 bits per heavy atom. The van der Waals surface area contributed by atoms with Crippen LogP contribution in [0.25, 0.3) is 0 Å². The predicted octanol–water partition coefficient (Wildman–Crippen LogP) is 1.52. The Labute approximate surface area is 128 Å². The van der Waals surface area contributed by atoms with Crippen molar-refractivity contribution in [2.24, 2.45) is 5.73 Å². The van der Waals surface area contributed by atoms with Gasteiger partial charge in [0.2, 0.25) is 0 Å². The molecule has 0 fully saturated rings. The summed E-state index contributed by atoms with van der Waals surface area (Å²) < 4.78 is 72.7. The fraction of sp³-hybridized carbons (Fsp3) is 0.818. The first kappa shape index (κ1) is 21.3. The second-order valence-corrected chi connectivity index (χ2v) is 4.80. The summed E-state index contributed by atoms with van der Waals surface area (Å²) in [4.78, 5) is 11.4. The van der Waals surface area contributed by atoms with Gasteiger partial charge in [0.1, 0.15) is 12.6 Å². The van der Waals surface area contributed by atoms with Crippen LogP contribution in [0.5, 0.6) is 0 Å². The molecule has 0 unspecified atom stereocenters. The number of unbranched alkanes of at least 4 members (excludes halogenated alkanes) is 1. The Kier molecular flexibility index (Phi) is 8.14. The lowest BCUT2D eigenvalue weighted by atomic mass is 10.1. The molecular formula is C11H18F6N4O2. The van der Waals surface area contributed by atoms with E-state index in [1.807, 2.05) is 5.32 Å². The van der Waals surface area contributed by atoms with E-state index in [0.29, 0.717) is 4.90 Å². The first-order valence-corrected chi connectivity index (χ1v) is 6.50. The highest BCUT2D eigenvalue weighted by atomic mass is 19.4. The maximum Gasteiger partial charge on any atom is 0.406 e. The van der Waals surface area contributed by atoms with Gasteiger partial charge < -0.3 is 15.7 Å². The average Bonchev–Trinajstić information content (AvgIpc) is 2.32. The molecule has 0 saturated carbocycles. The van der Waals surface area contributed by atoms with Crippen molar-refractivity contribution in [3.63, 3.8) is 0 Å². The van der Waals surface area contributed by atoms with Crippen LogP contribution in [0.3, 0.4) is 0 Å². The fourth-order valence-electron chi connectivity index (χ4n) is 1.70. The SMILES string of the molecule is N=C(N)N(CCCC[C@H](NCC(F)(F)F)C(=O)O)CC(F)(F)F. The highest BCUT2D eigenvalue weighted by molar-refractivity contribution is 5.74. The van der Waals surface area contributed by atoms with Crippen LogP contribution in [0.1, 0.15) is 19.3 Å². The first-order valence-electron chi connectivity index (χ1n) is 6.50. The van der Waals surface area contributed by atoms with Crippen LogP contribution < -0.4 is 11.1 Å². The van der Waals surface area contributed by atoms with Gasteiger partial charge in [-0.3, -0.25) is 15.5 Å². The summed E-state index contributed by atoms with van der Waals surface area (Å²) in [5.41, 5.74) is 5.01. The molecule has 0 aliphatic heterocycles. The van der Waals surface area contributed by atoms with Crippen LogP contribution in [0.2, 0.25) is 0 Å². The third-order valence-corrected chi connectivity index (χ3v) is 2.73. The van der Waals surface area contributed by atoms with Gasteiger partial charge in [0.05, 0.1) is 6.54 Å². The number of nitrogens with one attached hydrogen (secondary N) is 2. The van der Waals surface area contributed by atoms with Crippen molar-refractivity contribution in [3.05, 3.63) is 0 Å². The van der Waals surface area contributed by atoms with E-state index in [1.54, 1.807) is 0 Å². The zero-order valence-electron chi connectivity index (χ0n) is 12.0. The fourth-order valence-corrected chi connectivity index (χ4v) is 1.70. The molecule has 0 aliphatic carbocycles. The molecule has 136 valence electrons. The lowest BCUT2D eigenvalue weighted by Gasteiger charge is -2.24. The first-order chi connectivity index (χ1) is 10.3. The van der Waals surface area contributed by atoms with Crippen molar-refractivity contribution in [2.75, 3.05) is 19.6 Å². The van der Waals surface area contributed by atoms with Crippen molar-refractivity contribution in [2.45, 2.75) is 37.7 Å². The summed E-state index contributed by atoms with van der Waals surface area (Å²) in [7, 11) is 0. The third kappa shape index (κ3) is 11.5. The Morgan fingerprint density at radius 1 is 1.17 bits per heavy atom. The van der Waals surface area contributed by atoms with E-state index in [4.69, 9.17) is 16.2 Å². The van der Waals surface area contributed by atoms with Crippen molar-refractivity contribution >= 4 is 11.9 Å². The number of halogens is 6. The molecule has 23 heavy (non-hydrogen) atoms. The molecule has 0 aromatic carbocycles. The number of hydrogen-bond donors (Lipinski definition) is 4. The van der Waals surface area contributed by atoms with Gasteiger partial charge in [-0.1, -0.05) is 0 Å². The molecule has 6 nitrogen and oxygen atoms in total. The van der Waals surface area contributed by atoms with Gasteiger partial charge in [0, 0.05) is 6.54 Å². The predicted molar refractivity (Wildman–Crippen MR) is 68.9 cm³/mol. The number of carboxylic acids is 1. The number of nitrogens with two attached hydrogens (primary N) is 1. The quantitative estimate of drug-likeness (QED) is 0.218. The molecule has 0 spiro atoms. The van der Waals surface area contributed by atoms with E-state index in [1.165, 1.54) is 0 Å². The smallest absolute Gasteiger partial charge is 0.406 e. The number of guanidine groups is 1. The second kappa shape index (κ2) is 8.79. The maximum atomic E-state index is 12.2. The van der Waals surface area contributed by atoms with Crippen molar-refractivity contribution in [3.8, 4) is 0 Å². The van der Waals surface area contributed by atoms with Gasteiger partial charge in [0.15, 0.2) is 5.96 Å². The van der Waals surface area contributed by atoms with Crippen LogP contribution in [0.4, 0.5) is 26.3 Å². The number of rotatable bonds is 9. The molecule has 5 N–H and O–H groups in total. The molecule has 1 atom stereocenters. The highest BCUT2D eigenvalue weighted by Gasteiger charge is 2.32. The lowest BCUT2D eigenvalue weighted by Crippen LogP contribution is -2.43. The molecule has 12 heteroatoms. The van der Waals surface area contributed by atoms with E-state index in [-0.39, 0.29) is 25.8 Å². The number of hydrogen-bond acceptors (Lipinski definition) is 3. The summed E-state index contributed by atoms with van der Waals surface area (Å²) in [6.45, 7) is -3.14. The maximum absolute atomic E-state index is 12.2. The van der Waals surface area contributed by atoms with Gasteiger partial charge in [-0.05, 0) is 19.3 Å². The molecule has 0 saturated heterocycles. The Morgan fingerprint density at radius 2 is 1.74 bits per heavy atom. The number of carbonyl (C=O) groups is 1. The van der Waals surface area contributed by atoms with Crippen LogP contribution in [0, 0.1) is 5.41 Å². The average molecular weight is 352 g/mol. The molecule has 0 radical (unpaired) electrons. The van der Waals surface area contributed by atoms with E-state index in [2.05, 4.69) is 0 Å². The lowest BCUT2D eigenvalue weighted by molar-refractivity contribution is -0.143. The summed E-state index contributed by atoms with van der Waals surface area (Å²) in [5.74, 6) is -2.26. The monoisotopic (exact) mass is 352 g/mol. The Balaban J connectivity index is 4.27. The van der Waals surface area contributed by atoms with Crippen LogP contribution >= 0.6 is 0 Å². The molecule has 0 heterocycles. The molecule has 0 aliphatic rings. The minimum atomic E-state index is -4.56. The van der Waals surface area contributed by atoms with Crippen LogP contribution in [0.15, 0.2) is 0 Å². The van der Waals surface area contributed by atoms with Crippen molar-refractivity contribution in [1.29, 1.82) is 5.41 Å². The molecule has 0 bridgehead atoms. The molecule has 0 aromatic heterocycles. The van der Waals surface area contributed by atoms with Gasteiger partial charge in [-0.25, -0.2) is 0 Å².